The molecule has 2 aromatic heterocycles. The lowest BCUT2D eigenvalue weighted by molar-refractivity contribution is 0.102. The Kier molecular flexibility index (Phi) is 5.31. The van der Waals surface area contributed by atoms with Crippen molar-refractivity contribution < 1.29 is 17.6 Å². The van der Waals surface area contributed by atoms with E-state index in [0.717, 1.165) is 49.7 Å². The number of carbonyl (C=O) groups is 1. The number of rotatable bonds is 5. The van der Waals surface area contributed by atoms with Gasteiger partial charge in [-0.25, -0.2) is 22.8 Å². The van der Waals surface area contributed by atoms with E-state index in [0.29, 0.717) is 5.13 Å². The topological polar surface area (TPSA) is 101 Å². The third-order valence-corrected chi connectivity index (χ3v) is 8.09. The maximum absolute atomic E-state index is 13.2. The van der Waals surface area contributed by atoms with Crippen LogP contribution >= 0.6 is 22.7 Å². The maximum Gasteiger partial charge on any atom is 0.261 e. The van der Waals surface area contributed by atoms with Gasteiger partial charge in [-0.15, -0.1) is 11.3 Å². The van der Waals surface area contributed by atoms with E-state index in [1.54, 1.807) is 23.5 Å². The molecule has 5 rings (SSSR count). The smallest absolute Gasteiger partial charge is 0.261 e. The summed E-state index contributed by atoms with van der Waals surface area (Å²) < 4.78 is 42.9. The van der Waals surface area contributed by atoms with Crippen molar-refractivity contribution in [1.82, 2.24) is 9.97 Å². The van der Waals surface area contributed by atoms with E-state index < -0.39 is 21.7 Å². The number of aryl methyl sites for hydroxylation is 1. The number of nitrogens with one attached hydrogen (secondary N) is 2. The van der Waals surface area contributed by atoms with Crippen molar-refractivity contribution >= 4 is 69.9 Å². The molecule has 0 aliphatic heterocycles. The van der Waals surface area contributed by atoms with Gasteiger partial charge < -0.3 is 0 Å². The maximum atomic E-state index is 13.2. The van der Waals surface area contributed by atoms with Crippen LogP contribution in [-0.4, -0.2) is 24.3 Å². The number of fused-ring (bicyclic) bond motifs is 3. The molecule has 0 unspecified atom stereocenters. The number of amides is 1. The summed E-state index contributed by atoms with van der Waals surface area (Å²) in [5, 5.41) is 4.07. The second kappa shape index (κ2) is 8.18. The number of thiazole rings is 2. The number of benzene rings is 3. The number of anilines is 2. The fourth-order valence-corrected chi connectivity index (χ4v) is 6.22. The predicted octanol–water partition coefficient (Wildman–Crippen LogP) is 5.41. The Bertz CT molecular complexity index is 1630. The Morgan fingerprint density at radius 2 is 1.73 bits per heavy atom. The van der Waals surface area contributed by atoms with Crippen LogP contribution in [0.25, 0.3) is 20.4 Å². The second-order valence-corrected chi connectivity index (χ2v) is 11.0. The van der Waals surface area contributed by atoms with Gasteiger partial charge in [0.05, 0.1) is 36.1 Å². The molecular weight excluding hydrogens is 483 g/mol. The Balaban J connectivity index is 1.44. The number of nitrogens with zero attached hydrogens (tertiary/aromatic N) is 2. The van der Waals surface area contributed by atoms with Crippen LogP contribution in [0.3, 0.4) is 0 Å². The van der Waals surface area contributed by atoms with Gasteiger partial charge in [0, 0.05) is 0 Å². The number of sulfonamides is 1. The molecule has 2 heterocycles. The average Bonchev–Trinajstić information content (AvgIpc) is 3.36. The highest BCUT2D eigenvalue weighted by molar-refractivity contribution is 7.92. The van der Waals surface area contributed by atoms with Crippen molar-refractivity contribution in [3.8, 4) is 0 Å². The molecule has 5 aromatic rings. The van der Waals surface area contributed by atoms with Gasteiger partial charge in [-0.3, -0.25) is 14.8 Å². The van der Waals surface area contributed by atoms with Gasteiger partial charge in [-0.1, -0.05) is 23.5 Å². The number of para-hydroxylation sites is 1. The lowest BCUT2D eigenvalue weighted by atomic mass is 10.2. The predicted molar refractivity (Wildman–Crippen MR) is 129 cm³/mol. The van der Waals surface area contributed by atoms with Crippen molar-refractivity contribution in [3.05, 3.63) is 77.1 Å². The van der Waals surface area contributed by atoms with Crippen molar-refractivity contribution in [2.24, 2.45) is 0 Å². The monoisotopic (exact) mass is 498 g/mol. The largest absolute Gasteiger partial charge is 0.298 e. The van der Waals surface area contributed by atoms with Crippen molar-refractivity contribution in [3.63, 3.8) is 0 Å². The van der Waals surface area contributed by atoms with Crippen LogP contribution in [0.15, 0.2) is 65.6 Å². The van der Waals surface area contributed by atoms with Gasteiger partial charge in [0.1, 0.15) is 11.3 Å². The van der Waals surface area contributed by atoms with Crippen LogP contribution < -0.4 is 10.0 Å². The van der Waals surface area contributed by atoms with Crippen molar-refractivity contribution in [1.29, 1.82) is 0 Å². The Labute approximate surface area is 196 Å². The second-order valence-electron chi connectivity index (χ2n) is 7.07. The molecule has 0 saturated carbocycles. The van der Waals surface area contributed by atoms with E-state index in [1.807, 2.05) is 19.1 Å². The van der Waals surface area contributed by atoms with Gasteiger partial charge >= 0.3 is 0 Å². The molecule has 0 atom stereocenters. The van der Waals surface area contributed by atoms with E-state index in [2.05, 4.69) is 20.0 Å². The molecule has 0 radical (unpaired) electrons. The molecule has 0 bridgehead atoms. The highest BCUT2D eigenvalue weighted by atomic mass is 32.2. The summed E-state index contributed by atoms with van der Waals surface area (Å²) in [5.41, 5.74) is 1.79. The normalized spacial score (nSPS) is 11.7. The quantitative estimate of drug-likeness (QED) is 0.338. The molecular formula is C22H15FN4O3S3. The molecule has 0 aliphatic rings. The first-order valence-corrected chi connectivity index (χ1v) is 12.8. The molecule has 2 N–H and O–H groups in total. The van der Waals surface area contributed by atoms with Gasteiger partial charge in [0.15, 0.2) is 5.13 Å². The first-order valence-electron chi connectivity index (χ1n) is 9.66. The van der Waals surface area contributed by atoms with E-state index in [9.17, 15) is 17.6 Å². The molecule has 0 fully saturated rings. The fourth-order valence-electron chi connectivity index (χ4n) is 3.29. The van der Waals surface area contributed by atoms with Crippen molar-refractivity contribution in [2.75, 3.05) is 10.0 Å². The molecule has 0 aliphatic carbocycles. The number of halogens is 1. The van der Waals surface area contributed by atoms with Crippen LogP contribution in [0.1, 0.15) is 15.4 Å². The number of hydrogen-bond donors (Lipinski definition) is 2. The van der Waals surface area contributed by atoms with Crippen molar-refractivity contribution in [2.45, 2.75) is 11.8 Å². The Morgan fingerprint density at radius 1 is 0.970 bits per heavy atom. The minimum absolute atomic E-state index is 0.0953. The molecule has 1 amide bonds. The van der Waals surface area contributed by atoms with E-state index in [4.69, 9.17) is 0 Å². The molecule has 33 heavy (non-hydrogen) atoms. The van der Waals surface area contributed by atoms with Gasteiger partial charge in [-0.05, 0) is 55.5 Å². The van der Waals surface area contributed by atoms with Crippen LogP contribution in [0.2, 0.25) is 0 Å². The Morgan fingerprint density at radius 3 is 2.52 bits per heavy atom. The number of aromatic nitrogens is 2. The van der Waals surface area contributed by atoms with E-state index in [-0.39, 0.29) is 16.1 Å². The molecule has 0 spiro atoms. The zero-order valence-corrected chi connectivity index (χ0v) is 19.4. The summed E-state index contributed by atoms with van der Waals surface area (Å²) >= 11 is 2.89. The van der Waals surface area contributed by atoms with Crippen LogP contribution in [0.5, 0.6) is 0 Å². The van der Waals surface area contributed by atoms with Crippen LogP contribution in [0.4, 0.5) is 15.2 Å². The summed E-state index contributed by atoms with van der Waals surface area (Å²) in [5.74, 6) is -1.06. The Hall–Kier alpha value is -3.41. The first kappa shape index (κ1) is 21.4. The zero-order chi connectivity index (χ0) is 23.2. The summed E-state index contributed by atoms with van der Waals surface area (Å²) in [6.07, 6.45) is 0. The lowest BCUT2D eigenvalue weighted by Gasteiger charge is -2.12. The lowest BCUT2D eigenvalue weighted by Crippen LogP contribution is -2.18. The number of hydrogen-bond acceptors (Lipinski definition) is 7. The summed E-state index contributed by atoms with van der Waals surface area (Å²) in [6, 6.07) is 14.5. The minimum atomic E-state index is -4.02. The number of carbonyl (C=O) groups excluding carboxylic acids is 1. The van der Waals surface area contributed by atoms with Gasteiger partial charge in [-0.2, -0.15) is 0 Å². The van der Waals surface area contributed by atoms with Crippen LogP contribution in [0, 0.1) is 12.7 Å². The highest BCUT2D eigenvalue weighted by Crippen LogP contribution is 2.35. The molecule has 11 heteroatoms. The van der Waals surface area contributed by atoms with E-state index in [1.165, 1.54) is 23.5 Å². The first-order chi connectivity index (χ1) is 15.8. The third-order valence-electron chi connectivity index (χ3n) is 4.78. The molecule has 0 saturated heterocycles. The summed E-state index contributed by atoms with van der Waals surface area (Å²) in [6.45, 7) is 1.93. The standard InChI is InChI=1S/C22H15FN4O3S3/c1-12-24-19-18(31-12)11-10-17-20(19)32-22(25-17)26-21(28)15-4-2-3-5-16(15)27-33(29,30)14-8-6-13(23)7-9-14/h2-11,27H,1H3,(H,25,26,28). The molecule has 3 aromatic carbocycles. The summed E-state index contributed by atoms with van der Waals surface area (Å²) in [7, 11) is -4.02. The zero-order valence-electron chi connectivity index (χ0n) is 17.0. The molecule has 166 valence electrons. The third kappa shape index (κ3) is 4.17. The van der Waals surface area contributed by atoms with Gasteiger partial charge in [0.25, 0.3) is 15.9 Å². The highest BCUT2D eigenvalue weighted by Gasteiger charge is 2.20. The molecule has 7 nitrogen and oxygen atoms in total. The minimum Gasteiger partial charge on any atom is -0.298 e. The van der Waals surface area contributed by atoms with Gasteiger partial charge in [0.2, 0.25) is 0 Å². The van der Waals surface area contributed by atoms with Crippen LogP contribution in [-0.2, 0) is 10.0 Å². The SMILES string of the molecule is Cc1nc2c(ccc3nc(NC(=O)c4ccccc4NS(=O)(=O)c4ccc(F)cc4)sc32)s1. The fraction of sp³-hybridized carbons (Fsp3) is 0.0455. The average molecular weight is 499 g/mol. The summed E-state index contributed by atoms with van der Waals surface area (Å²) in [4.78, 5) is 21.9. The van der Waals surface area contributed by atoms with E-state index >= 15 is 0 Å².